The van der Waals surface area contributed by atoms with E-state index in [9.17, 15) is 4.79 Å². The van der Waals surface area contributed by atoms with Crippen molar-refractivity contribution in [2.75, 3.05) is 7.11 Å². The third-order valence-corrected chi connectivity index (χ3v) is 4.52. The summed E-state index contributed by atoms with van der Waals surface area (Å²) in [5.41, 5.74) is 2.50. The van der Waals surface area contributed by atoms with Crippen LogP contribution in [0.15, 0.2) is 18.2 Å². The molecular formula is C16H21NO2. The summed E-state index contributed by atoms with van der Waals surface area (Å²) in [5.74, 6) is 1.40. The quantitative estimate of drug-likeness (QED) is 0.836. The number of carbonyl (C=O) groups is 1. The average molecular weight is 259 g/mol. The molecule has 3 heteroatoms. The van der Waals surface area contributed by atoms with Gasteiger partial charge < -0.3 is 4.74 Å². The van der Waals surface area contributed by atoms with E-state index in [1.54, 1.807) is 7.11 Å². The third-order valence-electron chi connectivity index (χ3n) is 4.52. The minimum absolute atomic E-state index is 0.453. The minimum Gasteiger partial charge on any atom is -0.496 e. The molecule has 2 aliphatic rings. The summed E-state index contributed by atoms with van der Waals surface area (Å²) in [7, 11) is 1.71. The van der Waals surface area contributed by atoms with Crippen molar-refractivity contribution in [3.8, 4) is 5.75 Å². The van der Waals surface area contributed by atoms with Gasteiger partial charge in [-0.05, 0) is 37.0 Å². The van der Waals surface area contributed by atoms with Gasteiger partial charge in [0, 0.05) is 31.5 Å². The molecule has 2 saturated heterocycles. The summed E-state index contributed by atoms with van der Waals surface area (Å²) in [6.45, 7) is 3.05. The fraction of sp³-hybridized carbons (Fsp3) is 0.562. The molecule has 0 amide bonds. The molecule has 0 radical (unpaired) electrons. The van der Waals surface area contributed by atoms with Crippen LogP contribution in [-0.4, -0.2) is 29.9 Å². The molecule has 2 atom stereocenters. The number of rotatable bonds is 3. The Morgan fingerprint density at radius 1 is 1.26 bits per heavy atom. The van der Waals surface area contributed by atoms with Crippen LogP contribution in [0.4, 0.5) is 0 Å². The molecule has 0 N–H and O–H groups in total. The van der Waals surface area contributed by atoms with E-state index in [1.807, 2.05) is 6.07 Å². The zero-order valence-electron chi connectivity index (χ0n) is 11.7. The number of aryl methyl sites for hydroxylation is 1. The van der Waals surface area contributed by atoms with Gasteiger partial charge in [0.15, 0.2) is 0 Å². The topological polar surface area (TPSA) is 29.5 Å². The first-order chi connectivity index (χ1) is 9.17. The molecule has 0 saturated carbocycles. The van der Waals surface area contributed by atoms with Gasteiger partial charge in [-0.3, -0.25) is 9.69 Å². The molecule has 0 aromatic heterocycles. The summed E-state index contributed by atoms with van der Waals surface area (Å²) >= 11 is 0. The van der Waals surface area contributed by atoms with Gasteiger partial charge in [-0.25, -0.2) is 0 Å². The van der Waals surface area contributed by atoms with E-state index >= 15 is 0 Å². The van der Waals surface area contributed by atoms with Crippen molar-refractivity contribution in [2.24, 2.45) is 0 Å². The Labute approximate surface area is 114 Å². The standard InChI is InChI=1S/C16H21NO2/c1-11-7-12(3-6-16(11)19-2)10-17-13-4-5-14(17)9-15(18)8-13/h3,6-7,13-14H,4-5,8-10H2,1-2H3. The van der Waals surface area contributed by atoms with Crippen LogP contribution in [0.1, 0.15) is 36.8 Å². The molecule has 102 valence electrons. The largest absolute Gasteiger partial charge is 0.496 e. The van der Waals surface area contributed by atoms with Crippen molar-refractivity contribution in [3.05, 3.63) is 29.3 Å². The Bertz CT molecular complexity index is 482. The summed E-state index contributed by atoms with van der Waals surface area (Å²) in [6, 6.07) is 7.35. The highest BCUT2D eigenvalue weighted by atomic mass is 16.5. The van der Waals surface area contributed by atoms with E-state index in [0.29, 0.717) is 17.9 Å². The number of carbonyl (C=O) groups excluding carboxylic acids is 1. The van der Waals surface area contributed by atoms with E-state index in [0.717, 1.165) is 25.1 Å². The molecule has 2 aliphatic heterocycles. The normalized spacial score (nSPS) is 26.7. The monoisotopic (exact) mass is 259 g/mol. The van der Waals surface area contributed by atoms with Crippen molar-refractivity contribution in [2.45, 2.75) is 51.2 Å². The second-order valence-electron chi connectivity index (χ2n) is 5.81. The van der Waals surface area contributed by atoms with Crippen molar-refractivity contribution >= 4 is 5.78 Å². The molecule has 3 nitrogen and oxygen atoms in total. The lowest BCUT2D eigenvalue weighted by molar-refractivity contribution is -0.123. The maximum absolute atomic E-state index is 11.6. The Balaban J connectivity index is 1.75. The van der Waals surface area contributed by atoms with Crippen LogP contribution in [0.25, 0.3) is 0 Å². The summed E-state index contributed by atoms with van der Waals surface area (Å²) in [5, 5.41) is 0. The fourth-order valence-electron chi connectivity index (χ4n) is 3.57. The number of ketones is 1. The predicted octanol–water partition coefficient (Wildman–Crippen LogP) is 2.70. The zero-order valence-corrected chi connectivity index (χ0v) is 11.7. The number of methoxy groups -OCH3 is 1. The molecule has 2 fully saturated rings. The van der Waals surface area contributed by atoms with Gasteiger partial charge in [0.2, 0.25) is 0 Å². The SMILES string of the molecule is COc1ccc(CN2C3CCC2CC(=O)C3)cc1C. The third kappa shape index (κ3) is 2.39. The number of benzene rings is 1. The summed E-state index contributed by atoms with van der Waals surface area (Å²) in [6.07, 6.45) is 3.88. The average Bonchev–Trinajstić information content (AvgIpc) is 2.62. The lowest BCUT2D eigenvalue weighted by Crippen LogP contribution is -2.42. The molecule has 1 aromatic rings. The molecule has 19 heavy (non-hydrogen) atoms. The lowest BCUT2D eigenvalue weighted by atomic mass is 10.00. The van der Waals surface area contributed by atoms with Crippen molar-refractivity contribution in [1.29, 1.82) is 0 Å². The van der Waals surface area contributed by atoms with E-state index in [1.165, 1.54) is 24.0 Å². The molecule has 2 bridgehead atoms. The number of fused-ring (bicyclic) bond motifs is 2. The molecular weight excluding hydrogens is 238 g/mol. The van der Waals surface area contributed by atoms with Gasteiger partial charge in [-0.15, -0.1) is 0 Å². The summed E-state index contributed by atoms with van der Waals surface area (Å²) < 4.78 is 5.30. The van der Waals surface area contributed by atoms with Gasteiger partial charge in [-0.1, -0.05) is 12.1 Å². The molecule has 2 heterocycles. The molecule has 0 spiro atoms. The second-order valence-corrected chi connectivity index (χ2v) is 5.81. The number of nitrogens with zero attached hydrogens (tertiary/aromatic N) is 1. The highest BCUT2D eigenvalue weighted by molar-refractivity contribution is 5.80. The number of piperidine rings is 1. The zero-order chi connectivity index (χ0) is 13.4. The second kappa shape index (κ2) is 4.97. The highest BCUT2D eigenvalue weighted by Gasteiger charge is 2.39. The number of hydrogen-bond donors (Lipinski definition) is 0. The molecule has 2 unspecified atom stereocenters. The Hall–Kier alpha value is -1.35. The first-order valence-electron chi connectivity index (χ1n) is 7.08. The Morgan fingerprint density at radius 3 is 2.53 bits per heavy atom. The summed E-state index contributed by atoms with van der Waals surface area (Å²) in [4.78, 5) is 14.1. The molecule has 3 rings (SSSR count). The van der Waals surface area contributed by atoms with Crippen molar-refractivity contribution in [3.63, 3.8) is 0 Å². The van der Waals surface area contributed by atoms with E-state index < -0.39 is 0 Å². The van der Waals surface area contributed by atoms with E-state index in [4.69, 9.17) is 4.74 Å². The van der Waals surface area contributed by atoms with Crippen LogP contribution in [0.5, 0.6) is 5.75 Å². The first-order valence-corrected chi connectivity index (χ1v) is 7.08. The fourth-order valence-corrected chi connectivity index (χ4v) is 3.57. The minimum atomic E-state index is 0.453. The van der Waals surface area contributed by atoms with Crippen LogP contribution in [0.2, 0.25) is 0 Å². The van der Waals surface area contributed by atoms with Crippen LogP contribution >= 0.6 is 0 Å². The Morgan fingerprint density at radius 2 is 1.95 bits per heavy atom. The van der Waals surface area contributed by atoms with Crippen LogP contribution < -0.4 is 4.74 Å². The van der Waals surface area contributed by atoms with Gasteiger partial charge in [0.05, 0.1) is 7.11 Å². The smallest absolute Gasteiger partial charge is 0.136 e. The first kappa shape index (κ1) is 12.7. The van der Waals surface area contributed by atoms with Gasteiger partial charge in [0.25, 0.3) is 0 Å². The van der Waals surface area contributed by atoms with Crippen LogP contribution in [0.3, 0.4) is 0 Å². The number of Topliss-reactive ketones (excluding diaryl/α,β-unsaturated/α-hetero) is 1. The van der Waals surface area contributed by atoms with Crippen molar-refractivity contribution in [1.82, 2.24) is 4.90 Å². The Kier molecular flexibility index (Phi) is 3.31. The number of ether oxygens (including phenoxy) is 1. The van der Waals surface area contributed by atoms with Crippen LogP contribution in [0, 0.1) is 6.92 Å². The molecule has 1 aromatic carbocycles. The number of hydrogen-bond acceptors (Lipinski definition) is 3. The predicted molar refractivity (Wildman–Crippen MR) is 74.3 cm³/mol. The highest BCUT2D eigenvalue weighted by Crippen LogP contribution is 2.35. The lowest BCUT2D eigenvalue weighted by Gasteiger charge is -2.34. The van der Waals surface area contributed by atoms with Gasteiger partial charge in [-0.2, -0.15) is 0 Å². The van der Waals surface area contributed by atoms with E-state index in [2.05, 4.69) is 24.0 Å². The maximum Gasteiger partial charge on any atom is 0.136 e. The maximum atomic E-state index is 11.6. The van der Waals surface area contributed by atoms with Crippen molar-refractivity contribution < 1.29 is 9.53 Å². The van der Waals surface area contributed by atoms with E-state index in [-0.39, 0.29) is 0 Å². The van der Waals surface area contributed by atoms with Crippen LogP contribution in [-0.2, 0) is 11.3 Å². The van der Waals surface area contributed by atoms with Gasteiger partial charge >= 0.3 is 0 Å². The molecule has 0 aliphatic carbocycles. The van der Waals surface area contributed by atoms with Gasteiger partial charge in [0.1, 0.15) is 11.5 Å².